The minimum absolute atomic E-state index is 0.176. The van der Waals surface area contributed by atoms with Gasteiger partial charge in [0.05, 0.1) is 6.10 Å². The van der Waals surface area contributed by atoms with Gasteiger partial charge in [-0.25, -0.2) is 5.84 Å². The minimum atomic E-state index is -0.351. The van der Waals surface area contributed by atoms with Gasteiger partial charge in [-0.1, -0.05) is 6.42 Å². The van der Waals surface area contributed by atoms with E-state index in [-0.39, 0.29) is 18.1 Å². The van der Waals surface area contributed by atoms with Crippen LogP contribution in [0.1, 0.15) is 46.0 Å². The Hall–Kier alpha value is -0.650. The van der Waals surface area contributed by atoms with Crippen molar-refractivity contribution in [3.63, 3.8) is 0 Å². The number of likely N-dealkylation sites (tertiary alicyclic amines) is 1. The number of carbonyl (C=O) groups is 1. The van der Waals surface area contributed by atoms with E-state index in [0.29, 0.717) is 12.1 Å². The molecule has 0 aromatic rings. The van der Waals surface area contributed by atoms with Crippen molar-refractivity contribution in [2.75, 3.05) is 6.54 Å². The van der Waals surface area contributed by atoms with Crippen LogP contribution in [0.15, 0.2) is 0 Å². The van der Waals surface area contributed by atoms with E-state index in [4.69, 9.17) is 10.6 Å². The van der Waals surface area contributed by atoms with Crippen LogP contribution in [0.3, 0.4) is 0 Å². The molecule has 3 N–H and O–H groups in total. The van der Waals surface area contributed by atoms with Crippen LogP contribution in [0.25, 0.3) is 0 Å². The number of nitrogens with zero attached hydrogens (tertiary/aromatic N) is 1. The van der Waals surface area contributed by atoms with Gasteiger partial charge < -0.3 is 4.74 Å². The molecule has 2 rings (SSSR count). The van der Waals surface area contributed by atoms with Gasteiger partial charge in [0.2, 0.25) is 0 Å². The summed E-state index contributed by atoms with van der Waals surface area (Å²) in [7, 11) is 0. The number of amides is 1. The molecule has 0 saturated carbocycles. The first-order valence-corrected chi connectivity index (χ1v) is 7.03. The zero-order chi connectivity index (χ0) is 13.1. The minimum Gasteiger partial charge on any atom is -0.364 e. The Morgan fingerprint density at radius 2 is 1.94 bits per heavy atom. The molecule has 0 aliphatic carbocycles. The topological polar surface area (TPSA) is 67.6 Å². The van der Waals surface area contributed by atoms with Crippen molar-refractivity contribution in [1.82, 2.24) is 10.3 Å². The van der Waals surface area contributed by atoms with E-state index in [1.807, 2.05) is 0 Å². The summed E-state index contributed by atoms with van der Waals surface area (Å²) in [4.78, 5) is 13.9. The summed E-state index contributed by atoms with van der Waals surface area (Å²) in [5.74, 6) is 4.94. The Morgan fingerprint density at radius 3 is 2.56 bits per heavy atom. The molecule has 2 aliphatic heterocycles. The first-order chi connectivity index (χ1) is 8.61. The van der Waals surface area contributed by atoms with Crippen molar-refractivity contribution in [2.24, 2.45) is 5.84 Å². The van der Waals surface area contributed by atoms with Crippen LogP contribution in [-0.4, -0.2) is 41.6 Å². The summed E-state index contributed by atoms with van der Waals surface area (Å²) in [5, 5.41) is 0. The SMILES string of the molecule is C[C@@H]1CCC[C@H](C)N1CC1CCC(C(=O)NN)O1. The van der Waals surface area contributed by atoms with Crippen molar-refractivity contribution >= 4 is 5.91 Å². The van der Waals surface area contributed by atoms with E-state index in [2.05, 4.69) is 24.2 Å². The lowest BCUT2D eigenvalue weighted by molar-refractivity contribution is -0.132. The van der Waals surface area contributed by atoms with Crippen molar-refractivity contribution < 1.29 is 9.53 Å². The summed E-state index contributed by atoms with van der Waals surface area (Å²) in [6.07, 6.45) is 5.42. The Bertz CT molecular complexity index is 288. The molecule has 2 unspecified atom stereocenters. The van der Waals surface area contributed by atoms with Crippen LogP contribution >= 0.6 is 0 Å². The van der Waals surface area contributed by atoms with Crippen molar-refractivity contribution in [3.05, 3.63) is 0 Å². The largest absolute Gasteiger partial charge is 0.364 e. The van der Waals surface area contributed by atoms with E-state index in [1.54, 1.807) is 0 Å². The summed E-state index contributed by atoms with van der Waals surface area (Å²) in [6, 6.07) is 1.25. The first kappa shape index (κ1) is 13.8. The van der Waals surface area contributed by atoms with E-state index in [9.17, 15) is 4.79 Å². The summed E-state index contributed by atoms with van der Waals surface area (Å²) in [5.41, 5.74) is 2.17. The highest BCUT2D eigenvalue weighted by Gasteiger charge is 2.34. The molecule has 2 heterocycles. The predicted octanol–water partition coefficient (Wildman–Crippen LogP) is 0.787. The van der Waals surface area contributed by atoms with E-state index >= 15 is 0 Å². The monoisotopic (exact) mass is 255 g/mol. The van der Waals surface area contributed by atoms with Crippen molar-refractivity contribution in [2.45, 2.75) is 70.2 Å². The summed E-state index contributed by atoms with van der Waals surface area (Å²) in [6.45, 7) is 5.51. The van der Waals surface area contributed by atoms with Gasteiger partial charge >= 0.3 is 0 Å². The average molecular weight is 255 g/mol. The third kappa shape index (κ3) is 3.02. The van der Waals surface area contributed by atoms with Gasteiger partial charge in [0, 0.05) is 18.6 Å². The highest BCUT2D eigenvalue weighted by Crippen LogP contribution is 2.26. The third-order valence-electron chi connectivity index (χ3n) is 4.33. The van der Waals surface area contributed by atoms with Crippen LogP contribution in [0.2, 0.25) is 0 Å². The molecule has 5 nitrogen and oxygen atoms in total. The fourth-order valence-corrected chi connectivity index (χ4v) is 3.20. The maximum Gasteiger partial charge on any atom is 0.263 e. The number of carbonyl (C=O) groups excluding carboxylic acids is 1. The maximum absolute atomic E-state index is 11.4. The number of nitrogens with two attached hydrogens (primary N) is 1. The predicted molar refractivity (Wildman–Crippen MR) is 69.7 cm³/mol. The highest BCUT2D eigenvalue weighted by molar-refractivity contribution is 5.80. The van der Waals surface area contributed by atoms with E-state index < -0.39 is 0 Å². The third-order valence-corrected chi connectivity index (χ3v) is 4.33. The smallest absolute Gasteiger partial charge is 0.263 e. The number of hydrogen-bond acceptors (Lipinski definition) is 4. The lowest BCUT2D eigenvalue weighted by Gasteiger charge is -2.40. The van der Waals surface area contributed by atoms with Crippen LogP contribution in [-0.2, 0) is 9.53 Å². The molecule has 0 bridgehead atoms. The van der Waals surface area contributed by atoms with Gasteiger partial charge in [0.15, 0.2) is 0 Å². The molecule has 2 fully saturated rings. The van der Waals surface area contributed by atoms with Gasteiger partial charge in [-0.2, -0.15) is 0 Å². The Balaban J connectivity index is 1.85. The molecule has 0 radical (unpaired) electrons. The molecule has 104 valence electrons. The Kier molecular flexibility index (Phi) is 4.59. The van der Waals surface area contributed by atoms with Crippen LogP contribution < -0.4 is 11.3 Å². The van der Waals surface area contributed by atoms with Crippen molar-refractivity contribution in [1.29, 1.82) is 0 Å². The Labute approximate surface area is 109 Å². The number of rotatable bonds is 3. The van der Waals surface area contributed by atoms with Crippen LogP contribution in [0, 0.1) is 0 Å². The lowest BCUT2D eigenvalue weighted by atomic mass is 9.97. The first-order valence-electron chi connectivity index (χ1n) is 7.03. The fourth-order valence-electron chi connectivity index (χ4n) is 3.20. The molecule has 0 spiro atoms. The molecular weight excluding hydrogens is 230 g/mol. The molecule has 1 amide bonds. The molecule has 2 aliphatic rings. The highest BCUT2D eigenvalue weighted by atomic mass is 16.5. The van der Waals surface area contributed by atoms with Crippen LogP contribution in [0.4, 0.5) is 0 Å². The van der Waals surface area contributed by atoms with Gasteiger partial charge in [-0.15, -0.1) is 0 Å². The normalized spacial score (nSPS) is 37.7. The standard InChI is InChI=1S/C13H25N3O2/c1-9-4-3-5-10(2)16(9)8-11-6-7-12(18-11)13(17)15-14/h9-12H,3-8,14H2,1-2H3,(H,15,17)/t9-,10+,11?,12?. The second-order valence-corrected chi connectivity index (χ2v) is 5.66. The number of ether oxygens (including phenoxy) is 1. The molecule has 0 aromatic carbocycles. The average Bonchev–Trinajstić information content (AvgIpc) is 2.81. The van der Waals surface area contributed by atoms with Gasteiger partial charge in [-0.3, -0.25) is 15.1 Å². The van der Waals surface area contributed by atoms with E-state index in [0.717, 1.165) is 19.4 Å². The van der Waals surface area contributed by atoms with E-state index in [1.165, 1.54) is 19.3 Å². The zero-order valence-electron chi connectivity index (χ0n) is 11.4. The van der Waals surface area contributed by atoms with Gasteiger partial charge in [0.25, 0.3) is 5.91 Å². The molecule has 2 saturated heterocycles. The number of hydrogen-bond donors (Lipinski definition) is 2. The quantitative estimate of drug-likeness (QED) is 0.444. The molecule has 5 heteroatoms. The molecule has 0 aromatic heterocycles. The zero-order valence-corrected chi connectivity index (χ0v) is 11.4. The second-order valence-electron chi connectivity index (χ2n) is 5.66. The second kappa shape index (κ2) is 5.99. The van der Waals surface area contributed by atoms with Gasteiger partial charge in [-0.05, 0) is 39.5 Å². The number of hydrazine groups is 1. The number of piperidine rings is 1. The summed E-state index contributed by atoms with van der Waals surface area (Å²) >= 11 is 0. The lowest BCUT2D eigenvalue weighted by Crippen LogP contribution is -2.47. The van der Waals surface area contributed by atoms with Gasteiger partial charge in [0.1, 0.15) is 6.10 Å². The maximum atomic E-state index is 11.4. The van der Waals surface area contributed by atoms with Crippen molar-refractivity contribution in [3.8, 4) is 0 Å². The number of nitrogens with one attached hydrogen (secondary N) is 1. The van der Waals surface area contributed by atoms with Crippen LogP contribution in [0.5, 0.6) is 0 Å². The molecule has 18 heavy (non-hydrogen) atoms. The summed E-state index contributed by atoms with van der Waals surface area (Å²) < 4.78 is 5.78. The Morgan fingerprint density at radius 1 is 1.28 bits per heavy atom. The molecule has 4 atom stereocenters. The fraction of sp³-hybridized carbons (Fsp3) is 0.923. The molecular formula is C13H25N3O2.